The molecule has 1 aromatic rings. The Morgan fingerprint density at radius 3 is 1.97 bits per heavy atom. The highest BCUT2D eigenvalue weighted by Gasteiger charge is 2.38. The molecular weight excluding hydrogens is 427 g/mol. The van der Waals surface area contributed by atoms with Crippen molar-refractivity contribution in [3.8, 4) is 0 Å². The van der Waals surface area contributed by atoms with E-state index in [1.807, 2.05) is 0 Å². The Hall–Kier alpha value is -3.04. The number of nitrogens with zero attached hydrogens (tertiary/aromatic N) is 3. The van der Waals surface area contributed by atoms with Crippen molar-refractivity contribution in [2.24, 2.45) is 4.99 Å². The van der Waals surface area contributed by atoms with Crippen molar-refractivity contribution >= 4 is 24.2 Å². The number of hydrogen-bond donors (Lipinski definition) is 0. The average Bonchev–Trinajstić information content (AvgIpc) is 2.86. The zero-order chi connectivity index (χ0) is 24.5. The molecule has 7 nitrogen and oxygen atoms in total. The second kappa shape index (κ2) is 8.84. The molecule has 0 saturated carbocycles. The maximum Gasteiger partial charge on any atom is 0.437 e. The van der Waals surface area contributed by atoms with Crippen LogP contribution in [0.3, 0.4) is 0 Å². The predicted octanol–water partition coefficient (Wildman–Crippen LogP) is 5.52. The second-order valence-electron chi connectivity index (χ2n) is 9.32. The number of halogens is 3. The number of ether oxygens (including phenoxy) is 2. The molecule has 176 valence electrons. The smallest absolute Gasteiger partial charge is 0.437 e. The normalized spacial score (nSPS) is 17.8. The number of guanidine groups is 1. The number of aliphatic imine (C=N–C) groups is 1. The van der Waals surface area contributed by atoms with Crippen molar-refractivity contribution in [2.45, 2.75) is 58.9 Å². The summed E-state index contributed by atoms with van der Waals surface area (Å²) in [6, 6.07) is 4.51. The SMILES string of the molecule is CN1C/C(=C/c2ccc(C(F)(F)F)cc2)N(C(=O)OC(C)(C)C)/C1=N/C(=O)OC(C)(C)C. The minimum absolute atomic E-state index is 0.00772. The first-order chi connectivity index (χ1) is 14.5. The third-order valence-corrected chi connectivity index (χ3v) is 3.96. The van der Waals surface area contributed by atoms with Crippen LogP contribution in [0.15, 0.2) is 35.0 Å². The van der Waals surface area contributed by atoms with E-state index in [0.717, 1.165) is 17.0 Å². The van der Waals surface area contributed by atoms with Crippen molar-refractivity contribution in [3.05, 3.63) is 41.1 Å². The maximum atomic E-state index is 12.9. The molecule has 0 radical (unpaired) electrons. The van der Waals surface area contributed by atoms with Gasteiger partial charge < -0.3 is 14.4 Å². The van der Waals surface area contributed by atoms with Crippen LogP contribution in [0.1, 0.15) is 52.7 Å². The van der Waals surface area contributed by atoms with Gasteiger partial charge in [0, 0.05) is 7.05 Å². The van der Waals surface area contributed by atoms with E-state index in [2.05, 4.69) is 4.99 Å². The van der Waals surface area contributed by atoms with E-state index in [1.54, 1.807) is 53.5 Å². The molecule has 0 spiro atoms. The summed E-state index contributed by atoms with van der Waals surface area (Å²) in [6.45, 7) is 10.3. The first-order valence-electron chi connectivity index (χ1n) is 9.90. The van der Waals surface area contributed by atoms with Gasteiger partial charge in [-0.15, -0.1) is 4.99 Å². The summed E-state index contributed by atoms with van der Waals surface area (Å²) in [7, 11) is 1.62. The summed E-state index contributed by atoms with van der Waals surface area (Å²) in [5.41, 5.74) is -1.57. The van der Waals surface area contributed by atoms with Gasteiger partial charge in [0.05, 0.1) is 17.8 Å². The Morgan fingerprint density at radius 1 is 0.969 bits per heavy atom. The first-order valence-corrected chi connectivity index (χ1v) is 9.90. The van der Waals surface area contributed by atoms with E-state index >= 15 is 0 Å². The Kier molecular flexibility index (Phi) is 6.96. The molecule has 0 atom stereocenters. The van der Waals surface area contributed by atoms with E-state index in [1.165, 1.54) is 18.2 Å². The van der Waals surface area contributed by atoms with Crippen molar-refractivity contribution < 1.29 is 32.2 Å². The Morgan fingerprint density at radius 2 is 1.50 bits per heavy atom. The molecule has 0 aromatic heterocycles. The molecule has 0 unspecified atom stereocenters. The van der Waals surface area contributed by atoms with Gasteiger partial charge in [-0.05, 0) is 65.3 Å². The van der Waals surface area contributed by atoms with Gasteiger partial charge in [0.25, 0.3) is 0 Å². The highest BCUT2D eigenvalue weighted by Crippen LogP contribution is 2.30. The Balaban J connectivity index is 2.45. The number of benzene rings is 1. The number of hydrogen-bond acceptors (Lipinski definition) is 4. The summed E-state index contributed by atoms with van der Waals surface area (Å²) in [5, 5.41) is 0. The van der Waals surface area contributed by atoms with E-state index in [9.17, 15) is 22.8 Å². The van der Waals surface area contributed by atoms with E-state index < -0.39 is 35.1 Å². The van der Waals surface area contributed by atoms with Gasteiger partial charge in [0.2, 0.25) is 5.96 Å². The number of carbonyl (C=O) groups is 2. The fraction of sp³-hybridized carbons (Fsp3) is 0.500. The topological polar surface area (TPSA) is 71.4 Å². The molecule has 1 saturated heterocycles. The lowest BCUT2D eigenvalue weighted by molar-refractivity contribution is -0.137. The summed E-state index contributed by atoms with van der Waals surface area (Å²) in [6.07, 6.45) is -4.57. The van der Waals surface area contributed by atoms with Crippen LogP contribution in [0.2, 0.25) is 0 Å². The zero-order valence-electron chi connectivity index (χ0n) is 19.2. The van der Waals surface area contributed by atoms with E-state index in [-0.39, 0.29) is 12.5 Å². The van der Waals surface area contributed by atoms with Crippen LogP contribution in [0.4, 0.5) is 22.8 Å². The van der Waals surface area contributed by atoms with Crippen LogP contribution in [-0.4, -0.2) is 52.7 Å². The Labute approximate surface area is 185 Å². The molecule has 0 bridgehead atoms. The van der Waals surface area contributed by atoms with Gasteiger partial charge in [-0.1, -0.05) is 12.1 Å². The monoisotopic (exact) mass is 455 g/mol. The van der Waals surface area contributed by atoms with Crippen LogP contribution in [0, 0.1) is 0 Å². The van der Waals surface area contributed by atoms with Crippen molar-refractivity contribution in [3.63, 3.8) is 0 Å². The molecule has 2 amide bonds. The number of likely N-dealkylation sites (N-methyl/N-ethyl adjacent to an activating group) is 1. The molecule has 0 aliphatic carbocycles. The molecule has 32 heavy (non-hydrogen) atoms. The van der Waals surface area contributed by atoms with Gasteiger partial charge in [-0.25, -0.2) is 14.5 Å². The zero-order valence-corrected chi connectivity index (χ0v) is 19.2. The van der Waals surface area contributed by atoms with Crippen molar-refractivity contribution in [2.75, 3.05) is 13.6 Å². The first kappa shape index (κ1) is 25.2. The van der Waals surface area contributed by atoms with Gasteiger partial charge in [-0.2, -0.15) is 13.2 Å². The Bertz CT molecular complexity index is 924. The van der Waals surface area contributed by atoms with Gasteiger partial charge >= 0.3 is 18.4 Å². The summed E-state index contributed by atoms with van der Waals surface area (Å²) in [4.78, 5) is 31.8. The number of alkyl halides is 3. The largest absolute Gasteiger partial charge is 0.443 e. The lowest BCUT2D eigenvalue weighted by atomic mass is 10.1. The van der Waals surface area contributed by atoms with Crippen LogP contribution >= 0.6 is 0 Å². The van der Waals surface area contributed by atoms with E-state index in [0.29, 0.717) is 11.3 Å². The average molecular weight is 455 g/mol. The molecule has 2 rings (SSSR count). The minimum Gasteiger partial charge on any atom is -0.443 e. The summed E-state index contributed by atoms with van der Waals surface area (Å²) >= 11 is 0. The molecular formula is C22H28F3N3O4. The van der Waals surface area contributed by atoms with Crippen LogP contribution in [0.25, 0.3) is 6.08 Å². The van der Waals surface area contributed by atoms with Crippen molar-refractivity contribution in [1.29, 1.82) is 0 Å². The standard InChI is InChI=1S/C22H28F3N3O4/c1-20(2,3)31-18(29)26-17-27(7)13-16(28(17)19(30)32-21(4,5)6)12-14-8-10-15(11-9-14)22(23,24)25/h8-12H,13H2,1-7H3/b16-12-,26-17+. The molecule has 0 N–H and O–H groups in total. The van der Waals surface area contributed by atoms with E-state index in [4.69, 9.17) is 9.47 Å². The second-order valence-corrected chi connectivity index (χ2v) is 9.32. The predicted molar refractivity (Wildman–Crippen MR) is 114 cm³/mol. The maximum absolute atomic E-state index is 12.9. The number of carbonyl (C=O) groups excluding carboxylic acids is 2. The van der Waals surface area contributed by atoms with Crippen LogP contribution in [-0.2, 0) is 15.7 Å². The van der Waals surface area contributed by atoms with Crippen LogP contribution in [0.5, 0.6) is 0 Å². The van der Waals surface area contributed by atoms with Gasteiger partial charge in [-0.3, -0.25) is 0 Å². The molecule has 1 aromatic carbocycles. The molecule has 1 aliphatic rings. The highest BCUT2D eigenvalue weighted by molar-refractivity contribution is 6.03. The number of amides is 2. The van der Waals surface area contributed by atoms with Gasteiger partial charge in [0.15, 0.2) is 0 Å². The number of rotatable bonds is 1. The molecule has 1 aliphatic heterocycles. The fourth-order valence-electron chi connectivity index (χ4n) is 2.76. The lowest BCUT2D eigenvalue weighted by Gasteiger charge is -2.25. The van der Waals surface area contributed by atoms with Crippen LogP contribution < -0.4 is 0 Å². The molecule has 1 fully saturated rings. The minimum atomic E-state index is -4.45. The quantitative estimate of drug-likeness (QED) is 0.558. The van der Waals surface area contributed by atoms with Gasteiger partial charge in [0.1, 0.15) is 11.2 Å². The molecule has 1 heterocycles. The molecule has 10 heteroatoms. The van der Waals surface area contributed by atoms with Crippen molar-refractivity contribution in [1.82, 2.24) is 9.80 Å². The third-order valence-electron chi connectivity index (χ3n) is 3.96. The summed E-state index contributed by atoms with van der Waals surface area (Å²) < 4.78 is 49.2. The highest BCUT2D eigenvalue weighted by atomic mass is 19.4. The summed E-state index contributed by atoms with van der Waals surface area (Å²) in [5.74, 6) is -0.00772. The fourth-order valence-corrected chi connectivity index (χ4v) is 2.76. The third kappa shape index (κ3) is 7.00. The lowest BCUT2D eigenvalue weighted by Crippen LogP contribution is -2.40.